The molecule has 2 fully saturated rings. The maximum absolute atomic E-state index is 13.8. The van der Waals surface area contributed by atoms with Gasteiger partial charge >= 0.3 is 0 Å². The Morgan fingerprint density at radius 2 is 1.02 bits per heavy atom. The molecule has 238 valence electrons. The molecule has 2 saturated carbocycles. The lowest BCUT2D eigenvalue weighted by Gasteiger charge is -2.56. The number of hydrogen-bond donors (Lipinski definition) is 10. The number of ketones is 2. The maximum atomic E-state index is 13.8. The summed E-state index contributed by atoms with van der Waals surface area (Å²) in [6, 6.07) is 4.72. The van der Waals surface area contributed by atoms with Gasteiger partial charge in [-0.15, -0.1) is 0 Å². The summed E-state index contributed by atoms with van der Waals surface area (Å²) in [7, 11) is 0. The predicted molar refractivity (Wildman–Crippen MR) is 146 cm³/mol. The van der Waals surface area contributed by atoms with E-state index in [2.05, 4.69) is 0 Å². The van der Waals surface area contributed by atoms with Gasteiger partial charge in [-0.05, 0) is 48.9 Å². The lowest BCUT2D eigenvalue weighted by molar-refractivity contribution is -0.255. The first-order valence-electron chi connectivity index (χ1n) is 14.2. The van der Waals surface area contributed by atoms with Gasteiger partial charge in [-0.1, -0.05) is 13.8 Å². The topological polar surface area (TPSA) is 255 Å². The second-order valence-corrected chi connectivity index (χ2v) is 12.5. The minimum atomic E-state index is -2.88. The number of benzene rings is 2. The van der Waals surface area contributed by atoms with Gasteiger partial charge in [-0.25, -0.2) is 0 Å². The average Bonchev–Trinajstić information content (AvgIpc) is 2.98. The van der Waals surface area contributed by atoms with Crippen molar-refractivity contribution in [1.82, 2.24) is 0 Å². The molecule has 2 aromatic carbocycles. The van der Waals surface area contributed by atoms with Gasteiger partial charge in [0.1, 0.15) is 46.3 Å². The molecule has 4 aliphatic rings. The second-order valence-electron chi connectivity index (χ2n) is 12.5. The molecule has 0 aromatic heterocycles. The molecule has 2 aliphatic carbocycles. The van der Waals surface area contributed by atoms with Crippen molar-refractivity contribution in [3.05, 3.63) is 35.4 Å². The molecule has 44 heavy (non-hydrogen) atoms. The van der Waals surface area contributed by atoms with Crippen LogP contribution in [0.1, 0.15) is 47.4 Å². The summed E-state index contributed by atoms with van der Waals surface area (Å²) in [5, 5.41) is 110. The molecule has 2 heterocycles. The Labute approximate surface area is 250 Å². The predicted octanol–water partition coefficient (Wildman–Crippen LogP) is -1.64. The zero-order valence-electron chi connectivity index (χ0n) is 23.7. The van der Waals surface area contributed by atoms with Gasteiger partial charge in [0.2, 0.25) is 11.6 Å². The van der Waals surface area contributed by atoms with E-state index < -0.39 is 106 Å². The maximum Gasteiger partial charge on any atom is 0.208 e. The van der Waals surface area contributed by atoms with Crippen LogP contribution in [0, 0.1) is 11.8 Å². The van der Waals surface area contributed by atoms with E-state index in [0.717, 1.165) is 0 Å². The summed E-state index contributed by atoms with van der Waals surface area (Å²) in [5.41, 5.74) is -12.3. The number of carbonyl (C=O) groups excluding carboxylic acids is 2. The number of ether oxygens (including phenoxy) is 2. The van der Waals surface area contributed by atoms with Crippen molar-refractivity contribution >= 4 is 11.6 Å². The molecule has 14 nitrogen and oxygen atoms in total. The van der Waals surface area contributed by atoms with Crippen LogP contribution in [-0.2, 0) is 0 Å². The van der Waals surface area contributed by atoms with E-state index in [1.165, 1.54) is 38.1 Å². The fourth-order valence-corrected chi connectivity index (χ4v) is 7.66. The van der Waals surface area contributed by atoms with Gasteiger partial charge in [0.05, 0.1) is 25.4 Å². The highest BCUT2D eigenvalue weighted by Crippen LogP contribution is 2.56. The molecule has 10 unspecified atom stereocenters. The normalized spacial score (nSPS) is 41.0. The van der Waals surface area contributed by atoms with Gasteiger partial charge in [0, 0.05) is 11.1 Å². The molecular formula is C30H34O14. The minimum Gasteiger partial charge on any atom is -0.506 e. The molecule has 0 saturated heterocycles. The number of phenolic OH excluding ortho intramolecular Hbond substituents is 2. The van der Waals surface area contributed by atoms with Crippen LogP contribution in [0.25, 0.3) is 11.1 Å². The van der Waals surface area contributed by atoms with E-state index >= 15 is 0 Å². The van der Waals surface area contributed by atoms with Crippen LogP contribution in [0.2, 0.25) is 0 Å². The molecule has 14 heteroatoms. The van der Waals surface area contributed by atoms with Crippen molar-refractivity contribution in [2.24, 2.45) is 11.8 Å². The zero-order chi connectivity index (χ0) is 32.3. The molecule has 0 radical (unpaired) electrons. The van der Waals surface area contributed by atoms with E-state index in [-0.39, 0.29) is 35.5 Å². The number of aliphatic hydroxyl groups excluding tert-OH is 6. The number of fused-ring (bicyclic) bond motifs is 4. The molecule has 0 amide bonds. The fraction of sp³-hybridized carbons (Fsp3) is 0.533. The second kappa shape index (κ2) is 9.58. The Bertz CT molecular complexity index is 1460. The van der Waals surface area contributed by atoms with Crippen LogP contribution in [-0.4, -0.2) is 123 Å². The number of rotatable bonds is 3. The van der Waals surface area contributed by atoms with Crippen LogP contribution >= 0.6 is 0 Å². The Hall–Kier alpha value is -3.34. The minimum absolute atomic E-state index is 0.240. The van der Waals surface area contributed by atoms with Crippen LogP contribution in [0.15, 0.2) is 24.3 Å². The summed E-state index contributed by atoms with van der Waals surface area (Å²) in [6.07, 6.45) is -7.29. The quantitative estimate of drug-likeness (QED) is 0.185. The van der Waals surface area contributed by atoms with Crippen LogP contribution in [0.5, 0.6) is 23.0 Å². The highest BCUT2D eigenvalue weighted by atomic mass is 16.6. The van der Waals surface area contributed by atoms with Crippen molar-refractivity contribution in [1.29, 1.82) is 0 Å². The molecule has 2 aliphatic heterocycles. The molecule has 0 spiro atoms. The first kappa shape index (κ1) is 30.7. The third-order valence-corrected chi connectivity index (χ3v) is 10.2. The lowest BCUT2D eigenvalue weighted by atomic mass is 9.60. The average molecular weight is 619 g/mol. The van der Waals surface area contributed by atoms with Gasteiger partial charge in [0.25, 0.3) is 0 Å². The standard InChI is InChI=1S/C30H34O14/c1-11-7-17(33)29(41)25(39)19-15(43-27(29,9-31)23(11)37)5-3-13(21(19)35)14-4-6-16-20(22(14)36)26(40)30(42)18(34)8-12(2)24(38)28(30,10-32)44-16/h3-6,11-12,17-18,23-24,31-38,41-42H,7-10H2,1-2H3. The van der Waals surface area contributed by atoms with Gasteiger partial charge in [0.15, 0.2) is 22.4 Å². The highest BCUT2D eigenvalue weighted by Gasteiger charge is 2.73. The van der Waals surface area contributed by atoms with Gasteiger partial charge < -0.3 is 60.5 Å². The number of aliphatic hydroxyl groups is 8. The van der Waals surface area contributed by atoms with Crippen molar-refractivity contribution < 1.29 is 70.1 Å². The van der Waals surface area contributed by atoms with Crippen molar-refractivity contribution in [3.8, 4) is 34.1 Å². The number of hydrogen-bond acceptors (Lipinski definition) is 14. The molecule has 0 bridgehead atoms. The molecule has 10 N–H and O–H groups in total. The zero-order valence-corrected chi connectivity index (χ0v) is 23.7. The fourth-order valence-electron chi connectivity index (χ4n) is 7.66. The number of carbonyl (C=O) groups is 2. The van der Waals surface area contributed by atoms with Gasteiger partial charge in [-0.2, -0.15) is 0 Å². The summed E-state index contributed by atoms with van der Waals surface area (Å²) in [5.74, 6) is -6.31. The van der Waals surface area contributed by atoms with Crippen LogP contribution in [0.3, 0.4) is 0 Å². The van der Waals surface area contributed by atoms with Crippen LogP contribution in [0.4, 0.5) is 0 Å². The van der Waals surface area contributed by atoms with Gasteiger partial charge in [-0.3, -0.25) is 9.59 Å². The van der Waals surface area contributed by atoms with Crippen molar-refractivity contribution in [3.63, 3.8) is 0 Å². The molecular weight excluding hydrogens is 584 g/mol. The van der Waals surface area contributed by atoms with E-state index in [1.807, 2.05) is 0 Å². The lowest BCUT2D eigenvalue weighted by Crippen LogP contribution is -2.79. The summed E-state index contributed by atoms with van der Waals surface area (Å²) in [4.78, 5) is 27.6. The molecule has 6 rings (SSSR count). The van der Waals surface area contributed by atoms with Crippen LogP contribution < -0.4 is 9.47 Å². The third kappa shape index (κ3) is 3.31. The smallest absolute Gasteiger partial charge is 0.208 e. The first-order chi connectivity index (χ1) is 20.6. The Kier molecular flexibility index (Phi) is 6.68. The first-order valence-corrected chi connectivity index (χ1v) is 14.2. The monoisotopic (exact) mass is 618 g/mol. The van der Waals surface area contributed by atoms with E-state index in [1.54, 1.807) is 0 Å². The van der Waals surface area contributed by atoms with E-state index in [0.29, 0.717) is 0 Å². The number of Topliss-reactive ketones (excluding diaryl/α,β-unsaturated/α-hetero) is 2. The Balaban J connectivity index is 1.51. The Morgan fingerprint density at radius 1 is 0.682 bits per heavy atom. The summed E-state index contributed by atoms with van der Waals surface area (Å²) < 4.78 is 11.6. The van der Waals surface area contributed by atoms with E-state index in [9.17, 15) is 60.7 Å². The summed E-state index contributed by atoms with van der Waals surface area (Å²) >= 11 is 0. The van der Waals surface area contributed by atoms with E-state index in [4.69, 9.17) is 9.47 Å². The SMILES string of the molecule is CC1CC(O)C2(O)C(=O)c3c(ccc(-c4ccc5c(c4O)C(=O)C4(O)C(O)CC(C)C(O)C4(CO)O5)c3O)OC2(CO)C1O. The summed E-state index contributed by atoms with van der Waals surface area (Å²) in [6.45, 7) is 0.941. The highest BCUT2D eigenvalue weighted by molar-refractivity contribution is 6.13. The largest absolute Gasteiger partial charge is 0.506 e. The third-order valence-electron chi connectivity index (χ3n) is 10.2. The van der Waals surface area contributed by atoms with Crippen molar-refractivity contribution in [2.45, 2.75) is 73.5 Å². The molecule has 10 atom stereocenters. The molecule has 2 aromatic rings. The number of aromatic hydroxyl groups is 2. The Morgan fingerprint density at radius 3 is 1.34 bits per heavy atom. The number of phenols is 2. The van der Waals surface area contributed by atoms with Crippen molar-refractivity contribution in [2.75, 3.05) is 13.2 Å².